The van der Waals surface area contributed by atoms with Gasteiger partial charge in [-0.15, -0.1) is 0 Å². The van der Waals surface area contributed by atoms with E-state index in [2.05, 4.69) is 34.9 Å². The van der Waals surface area contributed by atoms with Crippen LogP contribution in [0, 0.1) is 0 Å². The fraction of sp³-hybridized carbons (Fsp3) is 0.308. The Bertz CT molecular complexity index is 517. The van der Waals surface area contributed by atoms with Gasteiger partial charge in [0.2, 0.25) is 0 Å². The minimum atomic E-state index is 0.746. The van der Waals surface area contributed by atoms with Gasteiger partial charge in [-0.3, -0.25) is 4.68 Å². The molecule has 17 heavy (non-hydrogen) atoms. The Kier molecular flexibility index (Phi) is 3.89. The van der Waals surface area contributed by atoms with Gasteiger partial charge in [0.05, 0.1) is 10.2 Å². The third-order valence-corrected chi connectivity index (χ3v) is 3.83. The first-order valence-electron chi connectivity index (χ1n) is 5.68. The normalized spacial score (nSPS) is 10.8. The second-order valence-corrected chi connectivity index (χ2v) is 5.01. The molecule has 0 aliphatic heterocycles. The Balaban J connectivity index is 2.52. The summed E-state index contributed by atoms with van der Waals surface area (Å²) in [7, 11) is 0. The highest BCUT2D eigenvalue weighted by atomic mass is 79.9. The third kappa shape index (κ3) is 2.40. The minimum Gasteiger partial charge on any atom is -0.268 e. The van der Waals surface area contributed by atoms with Crippen LogP contribution in [0.1, 0.15) is 19.5 Å². The highest BCUT2D eigenvalue weighted by Gasteiger charge is 2.14. The molecule has 4 heteroatoms. The quantitative estimate of drug-likeness (QED) is 0.813. The van der Waals surface area contributed by atoms with E-state index in [0.29, 0.717) is 0 Å². The SMILES string of the molecule is CCc1c(Br)c(-c2ccc(Cl)cc2)nn1CC. The standard InChI is InChI=1S/C13H14BrClN2/c1-3-11-12(14)13(16-17(11)4-2)9-5-7-10(15)8-6-9/h5-8H,3-4H2,1-2H3. The van der Waals surface area contributed by atoms with Crippen molar-refractivity contribution in [1.82, 2.24) is 9.78 Å². The fourth-order valence-corrected chi connectivity index (χ4v) is 2.79. The van der Waals surface area contributed by atoms with Gasteiger partial charge in [-0.2, -0.15) is 5.10 Å². The van der Waals surface area contributed by atoms with E-state index >= 15 is 0 Å². The van der Waals surface area contributed by atoms with Crippen molar-refractivity contribution >= 4 is 27.5 Å². The summed E-state index contributed by atoms with van der Waals surface area (Å²) < 4.78 is 3.12. The maximum absolute atomic E-state index is 5.89. The zero-order valence-electron chi connectivity index (χ0n) is 9.87. The predicted molar refractivity (Wildman–Crippen MR) is 75.4 cm³/mol. The number of halogens is 2. The molecule has 0 N–H and O–H groups in total. The van der Waals surface area contributed by atoms with Gasteiger partial charge in [-0.05, 0) is 41.4 Å². The summed E-state index contributed by atoms with van der Waals surface area (Å²) in [4.78, 5) is 0. The van der Waals surface area contributed by atoms with Crippen molar-refractivity contribution in [3.05, 3.63) is 39.5 Å². The Morgan fingerprint density at radius 1 is 1.24 bits per heavy atom. The lowest BCUT2D eigenvalue weighted by Crippen LogP contribution is -2.01. The molecule has 2 nitrogen and oxygen atoms in total. The molecule has 0 radical (unpaired) electrons. The largest absolute Gasteiger partial charge is 0.268 e. The summed E-state index contributed by atoms with van der Waals surface area (Å²) in [6, 6.07) is 7.77. The van der Waals surface area contributed by atoms with Crippen LogP contribution in [0.3, 0.4) is 0 Å². The highest BCUT2D eigenvalue weighted by molar-refractivity contribution is 9.10. The van der Waals surface area contributed by atoms with E-state index in [4.69, 9.17) is 11.6 Å². The minimum absolute atomic E-state index is 0.746. The molecule has 0 aliphatic carbocycles. The Hall–Kier alpha value is -0.800. The van der Waals surface area contributed by atoms with Gasteiger partial charge < -0.3 is 0 Å². The molecular weight excluding hydrogens is 300 g/mol. The number of nitrogens with zero attached hydrogens (tertiary/aromatic N) is 2. The summed E-state index contributed by atoms with van der Waals surface area (Å²) in [5.74, 6) is 0. The molecule has 0 amide bonds. The van der Waals surface area contributed by atoms with Crippen LogP contribution in [0.15, 0.2) is 28.7 Å². The first-order chi connectivity index (χ1) is 8.17. The molecule has 0 saturated heterocycles. The van der Waals surface area contributed by atoms with E-state index in [0.717, 1.165) is 33.7 Å². The van der Waals surface area contributed by atoms with E-state index in [1.54, 1.807) is 0 Å². The number of hydrogen-bond donors (Lipinski definition) is 0. The van der Waals surface area contributed by atoms with Gasteiger partial charge in [0.25, 0.3) is 0 Å². The first kappa shape index (κ1) is 12.7. The van der Waals surface area contributed by atoms with Gasteiger partial charge >= 0.3 is 0 Å². The van der Waals surface area contributed by atoms with Gasteiger partial charge in [-0.1, -0.05) is 30.7 Å². The average Bonchev–Trinajstić information content (AvgIpc) is 2.66. The maximum atomic E-state index is 5.89. The van der Waals surface area contributed by atoms with Crippen molar-refractivity contribution < 1.29 is 0 Å². The first-order valence-corrected chi connectivity index (χ1v) is 6.85. The van der Waals surface area contributed by atoms with Crippen LogP contribution >= 0.6 is 27.5 Å². The lowest BCUT2D eigenvalue weighted by Gasteiger charge is -2.00. The molecule has 2 rings (SSSR count). The third-order valence-electron chi connectivity index (χ3n) is 2.75. The van der Waals surface area contributed by atoms with E-state index < -0.39 is 0 Å². The lowest BCUT2D eigenvalue weighted by atomic mass is 10.1. The molecule has 0 bridgehead atoms. The van der Waals surface area contributed by atoms with E-state index in [-0.39, 0.29) is 0 Å². The van der Waals surface area contributed by atoms with Crippen molar-refractivity contribution in [2.75, 3.05) is 0 Å². The molecule has 0 unspecified atom stereocenters. The van der Waals surface area contributed by atoms with Crippen LogP contribution < -0.4 is 0 Å². The number of aryl methyl sites for hydroxylation is 1. The van der Waals surface area contributed by atoms with Crippen LogP contribution in [-0.4, -0.2) is 9.78 Å². The Morgan fingerprint density at radius 3 is 2.35 bits per heavy atom. The van der Waals surface area contributed by atoms with Crippen molar-refractivity contribution in [3.8, 4) is 11.3 Å². The topological polar surface area (TPSA) is 17.8 Å². The van der Waals surface area contributed by atoms with Crippen LogP contribution in [0.2, 0.25) is 5.02 Å². The fourth-order valence-electron chi connectivity index (χ4n) is 1.87. The molecule has 0 aliphatic rings. The van der Waals surface area contributed by atoms with Crippen molar-refractivity contribution in [1.29, 1.82) is 0 Å². The zero-order valence-corrected chi connectivity index (χ0v) is 12.2. The smallest absolute Gasteiger partial charge is 0.107 e. The second kappa shape index (κ2) is 5.23. The molecular formula is C13H14BrClN2. The Labute approximate surface area is 115 Å². The van der Waals surface area contributed by atoms with Gasteiger partial charge in [0.1, 0.15) is 5.69 Å². The molecule has 1 aromatic carbocycles. The van der Waals surface area contributed by atoms with E-state index in [9.17, 15) is 0 Å². The van der Waals surface area contributed by atoms with E-state index in [1.807, 2.05) is 28.9 Å². The lowest BCUT2D eigenvalue weighted by molar-refractivity contribution is 0.627. The van der Waals surface area contributed by atoms with Crippen LogP contribution in [-0.2, 0) is 13.0 Å². The van der Waals surface area contributed by atoms with Crippen molar-refractivity contribution in [2.45, 2.75) is 26.8 Å². The number of benzene rings is 1. The molecule has 2 aromatic rings. The maximum Gasteiger partial charge on any atom is 0.107 e. The summed E-state index contributed by atoms with van der Waals surface area (Å²) in [5.41, 5.74) is 3.31. The molecule has 0 fully saturated rings. The van der Waals surface area contributed by atoms with Gasteiger partial charge in [-0.25, -0.2) is 0 Å². The number of hydrogen-bond acceptors (Lipinski definition) is 1. The predicted octanol–water partition coefficient (Wildman–Crippen LogP) is 4.55. The van der Waals surface area contributed by atoms with Crippen LogP contribution in [0.5, 0.6) is 0 Å². The number of aromatic nitrogens is 2. The monoisotopic (exact) mass is 312 g/mol. The summed E-state index contributed by atoms with van der Waals surface area (Å²) in [5, 5.41) is 5.37. The summed E-state index contributed by atoms with van der Waals surface area (Å²) in [6.45, 7) is 5.12. The van der Waals surface area contributed by atoms with Crippen molar-refractivity contribution in [2.24, 2.45) is 0 Å². The van der Waals surface area contributed by atoms with Gasteiger partial charge in [0.15, 0.2) is 0 Å². The second-order valence-electron chi connectivity index (χ2n) is 3.79. The summed E-state index contributed by atoms with van der Waals surface area (Å²) >= 11 is 9.53. The molecule has 90 valence electrons. The molecule has 1 aromatic heterocycles. The Morgan fingerprint density at radius 2 is 1.88 bits per heavy atom. The van der Waals surface area contributed by atoms with Crippen LogP contribution in [0.25, 0.3) is 11.3 Å². The highest BCUT2D eigenvalue weighted by Crippen LogP contribution is 2.31. The molecule has 0 spiro atoms. The molecule has 0 saturated carbocycles. The van der Waals surface area contributed by atoms with Crippen molar-refractivity contribution in [3.63, 3.8) is 0 Å². The van der Waals surface area contributed by atoms with Crippen LogP contribution in [0.4, 0.5) is 0 Å². The number of rotatable bonds is 3. The molecule has 1 heterocycles. The average molecular weight is 314 g/mol. The summed E-state index contributed by atoms with van der Waals surface area (Å²) in [6.07, 6.45) is 0.967. The molecule has 0 atom stereocenters. The van der Waals surface area contributed by atoms with E-state index in [1.165, 1.54) is 5.69 Å². The zero-order chi connectivity index (χ0) is 12.4. The van der Waals surface area contributed by atoms with Gasteiger partial charge in [0, 0.05) is 17.1 Å².